The smallest absolute Gasteiger partial charge is 0.254 e. The molecule has 5 nitrogen and oxygen atoms in total. The predicted molar refractivity (Wildman–Crippen MR) is 107 cm³/mol. The van der Waals surface area contributed by atoms with E-state index in [1.165, 1.54) is 0 Å². The fourth-order valence-electron chi connectivity index (χ4n) is 3.09. The summed E-state index contributed by atoms with van der Waals surface area (Å²) in [6, 6.07) is 15.1. The average Bonchev–Trinajstić information content (AvgIpc) is 2.66. The van der Waals surface area contributed by atoms with Crippen LogP contribution in [0.25, 0.3) is 10.9 Å². The van der Waals surface area contributed by atoms with E-state index in [2.05, 4.69) is 4.98 Å². The lowest BCUT2D eigenvalue weighted by Gasteiger charge is -2.22. The van der Waals surface area contributed by atoms with Crippen molar-refractivity contribution in [2.75, 3.05) is 13.2 Å². The number of carbonyl (C=O) groups excluding carboxylic acids is 1. The highest BCUT2D eigenvalue weighted by Gasteiger charge is 2.17. The molecule has 0 aliphatic carbocycles. The summed E-state index contributed by atoms with van der Waals surface area (Å²) in [6.07, 6.45) is 0.461. The number of hydrogen-bond donors (Lipinski definition) is 2. The first-order chi connectivity index (χ1) is 13.0. The Bertz CT molecular complexity index is 1010. The Morgan fingerprint density at radius 1 is 1.04 bits per heavy atom. The first kappa shape index (κ1) is 18.9. The number of amides is 1. The fraction of sp³-hybridized carbons (Fsp3) is 0.273. The maximum atomic E-state index is 12.9. The molecule has 0 aliphatic rings. The molecule has 0 unspecified atom stereocenters. The lowest BCUT2D eigenvalue weighted by molar-refractivity contribution is 0.0731. The van der Waals surface area contributed by atoms with Crippen LogP contribution in [0.5, 0.6) is 0 Å². The monoisotopic (exact) mass is 364 g/mol. The minimum absolute atomic E-state index is 0.00898. The third kappa shape index (κ3) is 4.44. The first-order valence-corrected chi connectivity index (χ1v) is 9.07. The molecule has 0 aliphatic heterocycles. The summed E-state index contributed by atoms with van der Waals surface area (Å²) in [4.78, 5) is 29.9. The average molecular weight is 364 g/mol. The molecule has 0 spiro atoms. The van der Waals surface area contributed by atoms with Gasteiger partial charge in [-0.25, -0.2) is 0 Å². The number of benzene rings is 2. The number of H-pyrrole nitrogens is 1. The Kier molecular flexibility index (Phi) is 5.72. The molecule has 1 heterocycles. The summed E-state index contributed by atoms with van der Waals surface area (Å²) in [7, 11) is 0. The van der Waals surface area contributed by atoms with Gasteiger partial charge in [-0.3, -0.25) is 9.59 Å². The van der Waals surface area contributed by atoms with Crippen LogP contribution < -0.4 is 5.56 Å². The molecule has 3 aromatic rings. The van der Waals surface area contributed by atoms with Crippen LogP contribution in [0.15, 0.2) is 53.3 Å². The Balaban J connectivity index is 1.93. The van der Waals surface area contributed by atoms with Crippen molar-refractivity contribution in [3.63, 3.8) is 0 Å². The first-order valence-electron chi connectivity index (χ1n) is 9.07. The molecule has 0 radical (unpaired) electrons. The molecule has 2 N–H and O–H groups in total. The van der Waals surface area contributed by atoms with E-state index in [4.69, 9.17) is 0 Å². The van der Waals surface area contributed by atoms with Crippen molar-refractivity contribution in [3.05, 3.63) is 81.1 Å². The van der Waals surface area contributed by atoms with E-state index in [-0.39, 0.29) is 24.6 Å². The SMILES string of the molecule is Cc1ccc(C(=O)N(CCCO)Cc2cc3cc(C)ccc3[nH]c2=O)cc1. The van der Waals surface area contributed by atoms with Crippen LogP contribution >= 0.6 is 0 Å². The number of aryl methyl sites for hydroxylation is 2. The van der Waals surface area contributed by atoms with Crippen molar-refractivity contribution < 1.29 is 9.90 Å². The lowest BCUT2D eigenvalue weighted by Crippen LogP contribution is -2.34. The van der Waals surface area contributed by atoms with Gasteiger partial charge in [0.1, 0.15) is 0 Å². The van der Waals surface area contributed by atoms with Crippen LogP contribution in [0.4, 0.5) is 0 Å². The van der Waals surface area contributed by atoms with Gasteiger partial charge in [-0.2, -0.15) is 0 Å². The second-order valence-corrected chi connectivity index (χ2v) is 6.88. The number of nitrogens with zero attached hydrogens (tertiary/aromatic N) is 1. The summed E-state index contributed by atoms with van der Waals surface area (Å²) in [6.45, 7) is 4.54. The molecule has 0 saturated heterocycles. The molecule has 5 heteroatoms. The normalized spacial score (nSPS) is 10.9. The van der Waals surface area contributed by atoms with Gasteiger partial charge in [-0.05, 0) is 56.0 Å². The minimum atomic E-state index is -0.197. The van der Waals surface area contributed by atoms with E-state index in [1.54, 1.807) is 17.0 Å². The topological polar surface area (TPSA) is 73.4 Å². The van der Waals surface area contributed by atoms with Crippen LogP contribution in [0.3, 0.4) is 0 Å². The van der Waals surface area contributed by atoms with Crippen LogP contribution in [0.1, 0.15) is 33.5 Å². The highest BCUT2D eigenvalue weighted by molar-refractivity contribution is 5.94. The van der Waals surface area contributed by atoms with Crippen LogP contribution in [-0.2, 0) is 6.54 Å². The number of nitrogens with one attached hydrogen (secondary N) is 1. The summed E-state index contributed by atoms with van der Waals surface area (Å²) in [5, 5.41) is 10.1. The predicted octanol–water partition coefficient (Wildman–Crippen LogP) is 3.17. The summed E-state index contributed by atoms with van der Waals surface area (Å²) in [5.41, 5.74) is 3.87. The van der Waals surface area contributed by atoms with Gasteiger partial charge < -0.3 is 15.0 Å². The maximum Gasteiger partial charge on any atom is 0.254 e. The van der Waals surface area contributed by atoms with Crippen LogP contribution in [-0.4, -0.2) is 34.0 Å². The van der Waals surface area contributed by atoms with Crippen LogP contribution in [0, 0.1) is 13.8 Å². The number of hydrogen-bond acceptors (Lipinski definition) is 3. The Morgan fingerprint density at radius 2 is 1.74 bits per heavy atom. The maximum absolute atomic E-state index is 12.9. The van der Waals surface area contributed by atoms with Gasteiger partial charge in [0.15, 0.2) is 0 Å². The van der Waals surface area contributed by atoms with Crippen molar-refractivity contribution in [2.24, 2.45) is 0 Å². The molecule has 140 valence electrons. The van der Waals surface area contributed by atoms with E-state index in [9.17, 15) is 14.7 Å². The van der Waals surface area contributed by atoms with E-state index in [1.807, 2.05) is 50.2 Å². The highest BCUT2D eigenvalue weighted by Crippen LogP contribution is 2.16. The van der Waals surface area contributed by atoms with Crippen molar-refractivity contribution in [2.45, 2.75) is 26.8 Å². The van der Waals surface area contributed by atoms with Gasteiger partial charge in [0.2, 0.25) is 0 Å². The number of aromatic nitrogens is 1. The van der Waals surface area contributed by atoms with Gasteiger partial charge in [0, 0.05) is 29.8 Å². The Labute approximate surface area is 158 Å². The molecule has 2 aromatic carbocycles. The summed E-state index contributed by atoms with van der Waals surface area (Å²) in [5.74, 6) is -0.146. The summed E-state index contributed by atoms with van der Waals surface area (Å²) >= 11 is 0. The van der Waals surface area contributed by atoms with Crippen LogP contribution in [0.2, 0.25) is 0 Å². The number of carbonyl (C=O) groups is 1. The number of pyridine rings is 1. The molecular formula is C22H24N2O3. The Hall–Kier alpha value is -2.92. The molecule has 1 amide bonds. The third-order valence-corrected chi connectivity index (χ3v) is 4.61. The number of aliphatic hydroxyl groups is 1. The van der Waals surface area contributed by atoms with E-state index in [0.717, 1.165) is 22.0 Å². The second kappa shape index (κ2) is 8.18. The van der Waals surface area contributed by atoms with Crippen molar-refractivity contribution in [1.82, 2.24) is 9.88 Å². The number of aliphatic hydroxyl groups excluding tert-OH is 1. The quantitative estimate of drug-likeness (QED) is 0.706. The van der Waals surface area contributed by atoms with E-state index < -0.39 is 0 Å². The molecule has 0 saturated carbocycles. The molecule has 3 rings (SSSR count). The van der Waals surface area contributed by atoms with Gasteiger partial charge in [0.05, 0.1) is 6.54 Å². The molecule has 0 atom stereocenters. The van der Waals surface area contributed by atoms with E-state index in [0.29, 0.717) is 24.1 Å². The second-order valence-electron chi connectivity index (χ2n) is 6.88. The van der Waals surface area contributed by atoms with E-state index >= 15 is 0 Å². The molecule has 0 fully saturated rings. The third-order valence-electron chi connectivity index (χ3n) is 4.61. The largest absolute Gasteiger partial charge is 0.396 e. The minimum Gasteiger partial charge on any atom is -0.396 e. The van der Waals surface area contributed by atoms with Crippen molar-refractivity contribution in [1.29, 1.82) is 0 Å². The fourth-order valence-corrected chi connectivity index (χ4v) is 3.09. The standard InChI is InChI=1S/C22H24N2O3/c1-15-4-7-17(8-5-15)22(27)24(10-3-11-25)14-19-13-18-12-16(2)6-9-20(18)23-21(19)26/h4-9,12-13,25H,3,10-11,14H2,1-2H3,(H,23,26). The molecular weight excluding hydrogens is 340 g/mol. The number of aromatic amines is 1. The van der Waals surface area contributed by atoms with Gasteiger partial charge in [0.25, 0.3) is 11.5 Å². The lowest BCUT2D eigenvalue weighted by atomic mass is 10.1. The van der Waals surface area contributed by atoms with Gasteiger partial charge >= 0.3 is 0 Å². The number of fused-ring (bicyclic) bond motifs is 1. The van der Waals surface area contributed by atoms with Gasteiger partial charge in [-0.1, -0.05) is 29.3 Å². The zero-order valence-corrected chi connectivity index (χ0v) is 15.7. The Morgan fingerprint density at radius 3 is 2.44 bits per heavy atom. The summed E-state index contributed by atoms with van der Waals surface area (Å²) < 4.78 is 0. The zero-order valence-electron chi connectivity index (χ0n) is 15.7. The van der Waals surface area contributed by atoms with Gasteiger partial charge in [-0.15, -0.1) is 0 Å². The highest BCUT2D eigenvalue weighted by atomic mass is 16.3. The number of rotatable bonds is 6. The molecule has 0 bridgehead atoms. The van der Waals surface area contributed by atoms with Crippen molar-refractivity contribution >= 4 is 16.8 Å². The molecule has 1 aromatic heterocycles. The van der Waals surface area contributed by atoms with Crippen molar-refractivity contribution in [3.8, 4) is 0 Å². The molecule has 27 heavy (non-hydrogen) atoms. The zero-order chi connectivity index (χ0) is 19.4.